The minimum absolute atomic E-state index is 0.0410. The third kappa shape index (κ3) is 5.22. The Bertz CT molecular complexity index is 802. The van der Waals surface area contributed by atoms with Crippen molar-refractivity contribution < 1.29 is 14.3 Å². The van der Waals surface area contributed by atoms with Gasteiger partial charge in [-0.1, -0.05) is 32.9 Å². The van der Waals surface area contributed by atoms with Crippen LogP contribution in [0, 0.1) is 0 Å². The first-order valence-electron chi connectivity index (χ1n) is 10.2. The highest BCUT2D eigenvalue weighted by Crippen LogP contribution is 2.25. The van der Waals surface area contributed by atoms with Crippen molar-refractivity contribution in [3.05, 3.63) is 54.1 Å². The van der Waals surface area contributed by atoms with E-state index in [0.29, 0.717) is 13.1 Å². The average Bonchev–Trinajstić information content (AvgIpc) is 2.73. The molecule has 0 radical (unpaired) electrons. The van der Waals surface area contributed by atoms with Gasteiger partial charge >= 0.3 is 0 Å². The summed E-state index contributed by atoms with van der Waals surface area (Å²) in [5.41, 5.74) is 2.50. The Kier molecular flexibility index (Phi) is 6.36. The number of benzene rings is 2. The van der Waals surface area contributed by atoms with E-state index in [2.05, 4.69) is 49.9 Å². The van der Waals surface area contributed by atoms with Crippen molar-refractivity contribution >= 4 is 11.6 Å². The van der Waals surface area contributed by atoms with Gasteiger partial charge in [-0.3, -0.25) is 4.79 Å². The lowest BCUT2D eigenvalue weighted by molar-refractivity contribution is -0.138. The fourth-order valence-electron chi connectivity index (χ4n) is 3.52. The van der Waals surface area contributed by atoms with Gasteiger partial charge in [-0.2, -0.15) is 0 Å². The Morgan fingerprint density at radius 1 is 0.897 bits per heavy atom. The molecular formula is C24H32N2O3. The topological polar surface area (TPSA) is 42.0 Å². The van der Waals surface area contributed by atoms with Gasteiger partial charge in [-0.15, -0.1) is 0 Å². The highest BCUT2D eigenvalue weighted by atomic mass is 16.5. The van der Waals surface area contributed by atoms with E-state index in [9.17, 15) is 4.79 Å². The van der Waals surface area contributed by atoms with Crippen LogP contribution >= 0.6 is 0 Å². The smallest absolute Gasteiger partial charge is 0.263 e. The predicted molar refractivity (Wildman–Crippen MR) is 117 cm³/mol. The van der Waals surface area contributed by atoms with Crippen LogP contribution in [0.5, 0.6) is 11.5 Å². The number of nitrogens with zero attached hydrogens (tertiary/aromatic N) is 2. The first-order chi connectivity index (χ1) is 13.8. The largest absolute Gasteiger partial charge is 0.497 e. The molecule has 1 heterocycles. The van der Waals surface area contributed by atoms with E-state index < -0.39 is 6.10 Å². The number of piperazine rings is 1. The van der Waals surface area contributed by atoms with Crippen LogP contribution in [-0.4, -0.2) is 50.2 Å². The molecule has 5 heteroatoms. The van der Waals surface area contributed by atoms with E-state index in [1.165, 1.54) is 5.56 Å². The number of carbonyl (C=O) groups excluding carboxylic acids is 1. The lowest BCUT2D eigenvalue weighted by Gasteiger charge is -2.37. The van der Waals surface area contributed by atoms with Gasteiger partial charge in [0.25, 0.3) is 5.91 Å². The second-order valence-corrected chi connectivity index (χ2v) is 8.54. The minimum Gasteiger partial charge on any atom is -0.497 e. The SMILES string of the molecule is COc1ccc(N2CCN(C(=O)[C@H](C)Oc3ccc(C(C)(C)C)cc3)CC2)cc1. The molecule has 1 aliphatic rings. The van der Waals surface area contributed by atoms with Crippen molar-refractivity contribution in [1.29, 1.82) is 0 Å². The van der Waals surface area contributed by atoms with Crippen molar-refractivity contribution in [3.8, 4) is 11.5 Å². The van der Waals surface area contributed by atoms with E-state index in [0.717, 1.165) is 30.3 Å². The van der Waals surface area contributed by atoms with Gasteiger partial charge in [0.15, 0.2) is 6.10 Å². The Morgan fingerprint density at radius 3 is 1.97 bits per heavy atom. The number of anilines is 1. The van der Waals surface area contributed by atoms with E-state index >= 15 is 0 Å². The van der Waals surface area contributed by atoms with E-state index in [1.54, 1.807) is 7.11 Å². The molecule has 0 unspecified atom stereocenters. The Hall–Kier alpha value is -2.69. The second kappa shape index (κ2) is 8.76. The molecule has 1 fully saturated rings. The van der Waals surface area contributed by atoms with Gasteiger partial charge in [0.05, 0.1) is 7.11 Å². The van der Waals surface area contributed by atoms with Gasteiger partial charge in [-0.05, 0) is 54.3 Å². The highest BCUT2D eigenvalue weighted by Gasteiger charge is 2.26. The van der Waals surface area contributed by atoms with Crippen LogP contribution in [0.1, 0.15) is 33.3 Å². The molecule has 29 heavy (non-hydrogen) atoms. The maximum absolute atomic E-state index is 12.8. The highest BCUT2D eigenvalue weighted by molar-refractivity contribution is 5.81. The Morgan fingerprint density at radius 2 is 1.45 bits per heavy atom. The molecule has 0 saturated carbocycles. The Balaban J connectivity index is 1.53. The zero-order valence-corrected chi connectivity index (χ0v) is 18.1. The molecule has 0 aromatic heterocycles. The maximum atomic E-state index is 12.8. The zero-order valence-electron chi connectivity index (χ0n) is 18.1. The third-order valence-electron chi connectivity index (χ3n) is 5.41. The first kappa shape index (κ1) is 21.0. The summed E-state index contributed by atoms with van der Waals surface area (Å²) in [6.45, 7) is 11.4. The van der Waals surface area contributed by atoms with Crippen LogP contribution in [0.4, 0.5) is 5.69 Å². The third-order valence-corrected chi connectivity index (χ3v) is 5.41. The van der Waals surface area contributed by atoms with Crippen molar-refractivity contribution in [1.82, 2.24) is 4.90 Å². The number of rotatable bonds is 5. The number of hydrogen-bond acceptors (Lipinski definition) is 4. The molecule has 2 aromatic carbocycles. The van der Waals surface area contributed by atoms with Crippen LogP contribution in [0.2, 0.25) is 0 Å². The summed E-state index contributed by atoms with van der Waals surface area (Å²) in [4.78, 5) is 17.0. The molecule has 0 aliphatic carbocycles. The standard InChI is InChI=1S/C24H32N2O3/c1-18(29-22-10-6-19(7-11-22)24(2,3)4)23(27)26-16-14-25(15-17-26)20-8-12-21(28-5)13-9-20/h6-13,18H,14-17H2,1-5H3/t18-/m0/s1. The molecule has 5 nitrogen and oxygen atoms in total. The van der Waals surface area contributed by atoms with Crippen molar-refractivity contribution in [2.45, 2.75) is 39.2 Å². The van der Waals surface area contributed by atoms with E-state index in [1.807, 2.05) is 36.1 Å². The predicted octanol–water partition coefficient (Wildman–Crippen LogP) is 4.11. The summed E-state index contributed by atoms with van der Waals surface area (Å²) < 4.78 is 11.1. The molecular weight excluding hydrogens is 364 g/mol. The van der Waals surface area contributed by atoms with Crippen molar-refractivity contribution in [2.24, 2.45) is 0 Å². The molecule has 2 aromatic rings. The number of amides is 1. The lowest BCUT2D eigenvalue weighted by Crippen LogP contribution is -2.52. The van der Waals surface area contributed by atoms with Crippen molar-refractivity contribution in [2.75, 3.05) is 38.2 Å². The van der Waals surface area contributed by atoms with Gasteiger partial charge in [0.1, 0.15) is 11.5 Å². The van der Waals surface area contributed by atoms with Gasteiger partial charge in [0.2, 0.25) is 0 Å². The Labute approximate surface area is 174 Å². The van der Waals surface area contributed by atoms with Crippen LogP contribution < -0.4 is 14.4 Å². The fraction of sp³-hybridized carbons (Fsp3) is 0.458. The second-order valence-electron chi connectivity index (χ2n) is 8.54. The van der Waals surface area contributed by atoms with Crippen LogP contribution in [0.25, 0.3) is 0 Å². The van der Waals surface area contributed by atoms with Crippen LogP contribution in [0.15, 0.2) is 48.5 Å². The van der Waals surface area contributed by atoms with E-state index in [4.69, 9.17) is 9.47 Å². The monoisotopic (exact) mass is 396 g/mol. The molecule has 1 saturated heterocycles. The van der Waals surface area contributed by atoms with Gasteiger partial charge in [-0.25, -0.2) is 0 Å². The molecule has 1 aliphatic heterocycles. The minimum atomic E-state index is -0.497. The summed E-state index contributed by atoms with van der Waals surface area (Å²) >= 11 is 0. The molecule has 0 bridgehead atoms. The number of methoxy groups -OCH3 is 1. The summed E-state index contributed by atoms with van der Waals surface area (Å²) in [6.07, 6.45) is -0.497. The average molecular weight is 397 g/mol. The van der Waals surface area contributed by atoms with E-state index in [-0.39, 0.29) is 11.3 Å². The number of ether oxygens (including phenoxy) is 2. The normalized spacial score (nSPS) is 15.8. The molecule has 0 spiro atoms. The number of hydrogen-bond donors (Lipinski definition) is 0. The lowest BCUT2D eigenvalue weighted by atomic mass is 9.87. The van der Waals surface area contributed by atoms with Crippen LogP contribution in [-0.2, 0) is 10.2 Å². The molecule has 156 valence electrons. The molecule has 1 amide bonds. The fourth-order valence-corrected chi connectivity index (χ4v) is 3.52. The summed E-state index contributed by atoms with van der Waals surface area (Å²) in [5, 5.41) is 0. The molecule has 0 N–H and O–H groups in total. The molecule has 1 atom stereocenters. The quantitative estimate of drug-likeness (QED) is 0.763. The number of carbonyl (C=O) groups is 1. The first-order valence-corrected chi connectivity index (χ1v) is 10.2. The zero-order chi connectivity index (χ0) is 21.0. The van der Waals surface area contributed by atoms with Crippen molar-refractivity contribution in [3.63, 3.8) is 0 Å². The summed E-state index contributed by atoms with van der Waals surface area (Å²) in [6, 6.07) is 16.1. The maximum Gasteiger partial charge on any atom is 0.263 e. The van der Waals surface area contributed by atoms with Gasteiger partial charge in [0, 0.05) is 31.9 Å². The summed E-state index contributed by atoms with van der Waals surface area (Å²) in [7, 11) is 1.67. The van der Waals surface area contributed by atoms with Crippen LogP contribution in [0.3, 0.4) is 0 Å². The van der Waals surface area contributed by atoms with Gasteiger partial charge < -0.3 is 19.3 Å². The molecule has 3 rings (SSSR count). The summed E-state index contributed by atoms with van der Waals surface area (Å²) in [5.74, 6) is 1.62.